The van der Waals surface area contributed by atoms with Crippen molar-refractivity contribution in [2.75, 3.05) is 54.1 Å². The summed E-state index contributed by atoms with van der Waals surface area (Å²) in [5.41, 5.74) is 2.31. The van der Waals surface area contributed by atoms with E-state index >= 15 is 0 Å². The standard InChI is InChI=1S/C21H27N3O5S/c1-16(29-20-10-8-18(9-11-20)23(2)30(3,26)27)21(25)22-17-4-6-19(7-5-17)24-12-14-28-15-13-24/h4-11,16H,12-15H2,1-3H3,(H,22,25). The van der Waals surface area contributed by atoms with Crippen LogP contribution < -0.4 is 19.3 Å². The number of sulfonamides is 1. The predicted octanol–water partition coefficient (Wildman–Crippen LogP) is 2.33. The van der Waals surface area contributed by atoms with E-state index < -0.39 is 16.1 Å². The molecule has 1 aliphatic rings. The number of rotatable bonds is 7. The van der Waals surface area contributed by atoms with E-state index in [1.807, 2.05) is 24.3 Å². The van der Waals surface area contributed by atoms with Crippen molar-refractivity contribution in [3.05, 3.63) is 48.5 Å². The Morgan fingerprint density at radius 2 is 1.70 bits per heavy atom. The van der Waals surface area contributed by atoms with E-state index in [-0.39, 0.29) is 5.91 Å². The quantitative estimate of drug-likeness (QED) is 0.721. The molecule has 1 heterocycles. The molecule has 0 spiro atoms. The van der Waals surface area contributed by atoms with Gasteiger partial charge in [-0.2, -0.15) is 0 Å². The van der Waals surface area contributed by atoms with Gasteiger partial charge in [0.05, 0.1) is 25.2 Å². The van der Waals surface area contributed by atoms with Gasteiger partial charge in [0.2, 0.25) is 10.0 Å². The van der Waals surface area contributed by atoms with Crippen LogP contribution in [0.15, 0.2) is 48.5 Å². The molecule has 2 aromatic carbocycles. The summed E-state index contributed by atoms with van der Waals surface area (Å²) in [4.78, 5) is 14.7. The minimum atomic E-state index is -3.33. The first-order chi connectivity index (χ1) is 14.2. The minimum absolute atomic E-state index is 0.272. The van der Waals surface area contributed by atoms with E-state index in [1.165, 1.54) is 11.4 Å². The first kappa shape index (κ1) is 21.9. The molecule has 0 bridgehead atoms. The largest absolute Gasteiger partial charge is 0.481 e. The highest BCUT2D eigenvalue weighted by molar-refractivity contribution is 7.92. The fourth-order valence-corrected chi connectivity index (χ4v) is 3.51. The molecule has 1 fully saturated rings. The Morgan fingerprint density at radius 1 is 1.10 bits per heavy atom. The first-order valence-corrected chi connectivity index (χ1v) is 11.5. The summed E-state index contributed by atoms with van der Waals surface area (Å²) in [6, 6.07) is 14.2. The number of hydrogen-bond donors (Lipinski definition) is 1. The summed E-state index contributed by atoms with van der Waals surface area (Å²) >= 11 is 0. The predicted molar refractivity (Wildman–Crippen MR) is 118 cm³/mol. The Morgan fingerprint density at radius 3 is 2.27 bits per heavy atom. The lowest BCUT2D eigenvalue weighted by Crippen LogP contribution is -2.36. The van der Waals surface area contributed by atoms with Crippen LogP contribution >= 0.6 is 0 Å². The van der Waals surface area contributed by atoms with Crippen LogP contribution in [0.2, 0.25) is 0 Å². The van der Waals surface area contributed by atoms with Crippen molar-refractivity contribution in [2.45, 2.75) is 13.0 Å². The number of hydrogen-bond acceptors (Lipinski definition) is 6. The first-order valence-electron chi connectivity index (χ1n) is 9.68. The Labute approximate surface area is 177 Å². The van der Waals surface area contributed by atoms with Crippen LogP contribution in [-0.4, -0.2) is 60.0 Å². The molecule has 1 atom stereocenters. The molecular weight excluding hydrogens is 406 g/mol. The second-order valence-corrected chi connectivity index (χ2v) is 9.13. The molecular formula is C21H27N3O5S. The highest BCUT2D eigenvalue weighted by Gasteiger charge is 2.17. The van der Waals surface area contributed by atoms with Gasteiger partial charge in [0.1, 0.15) is 5.75 Å². The molecule has 1 amide bonds. The fraction of sp³-hybridized carbons (Fsp3) is 0.381. The van der Waals surface area contributed by atoms with Crippen LogP contribution in [0.1, 0.15) is 6.92 Å². The molecule has 30 heavy (non-hydrogen) atoms. The monoisotopic (exact) mass is 433 g/mol. The maximum atomic E-state index is 12.5. The lowest BCUT2D eigenvalue weighted by atomic mass is 10.2. The van der Waals surface area contributed by atoms with Crippen molar-refractivity contribution in [2.24, 2.45) is 0 Å². The normalized spacial score (nSPS) is 15.4. The van der Waals surface area contributed by atoms with E-state index in [0.717, 1.165) is 38.2 Å². The molecule has 0 aromatic heterocycles. The second kappa shape index (κ2) is 9.36. The molecule has 1 aliphatic heterocycles. The van der Waals surface area contributed by atoms with Crippen molar-refractivity contribution in [3.63, 3.8) is 0 Å². The Bertz CT molecular complexity index is 955. The number of anilines is 3. The SMILES string of the molecule is CC(Oc1ccc(N(C)S(C)(=O)=O)cc1)C(=O)Nc1ccc(N2CCOCC2)cc1. The van der Waals surface area contributed by atoms with E-state index in [0.29, 0.717) is 17.1 Å². The van der Waals surface area contributed by atoms with Crippen LogP contribution in [0.5, 0.6) is 5.75 Å². The van der Waals surface area contributed by atoms with Gasteiger partial charge in [-0.25, -0.2) is 8.42 Å². The highest BCUT2D eigenvalue weighted by atomic mass is 32.2. The van der Waals surface area contributed by atoms with Crippen LogP contribution in [0, 0.1) is 0 Å². The number of ether oxygens (including phenoxy) is 2. The van der Waals surface area contributed by atoms with Crippen molar-refractivity contribution in [3.8, 4) is 5.75 Å². The van der Waals surface area contributed by atoms with Crippen molar-refractivity contribution < 1.29 is 22.7 Å². The number of nitrogens with one attached hydrogen (secondary N) is 1. The van der Waals surface area contributed by atoms with Crippen LogP contribution in [-0.2, 0) is 19.6 Å². The molecule has 1 saturated heterocycles. The lowest BCUT2D eigenvalue weighted by molar-refractivity contribution is -0.122. The summed E-state index contributed by atoms with van der Waals surface area (Å²) in [5, 5.41) is 2.85. The van der Waals surface area contributed by atoms with Crippen LogP contribution in [0.4, 0.5) is 17.1 Å². The summed E-state index contributed by atoms with van der Waals surface area (Å²) in [5.74, 6) is 0.206. The Hall–Kier alpha value is -2.78. The highest BCUT2D eigenvalue weighted by Crippen LogP contribution is 2.22. The third kappa shape index (κ3) is 5.64. The Balaban J connectivity index is 1.55. The third-order valence-electron chi connectivity index (χ3n) is 4.89. The average molecular weight is 434 g/mol. The van der Waals surface area contributed by atoms with E-state index in [2.05, 4.69) is 10.2 Å². The zero-order chi connectivity index (χ0) is 21.7. The number of carbonyl (C=O) groups excluding carboxylic acids is 1. The van der Waals surface area contributed by atoms with Crippen molar-refractivity contribution >= 4 is 33.0 Å². The van der Waals surface area contributed by atoms with Gasteiger partial charge in [-0.1, -0.05) is 0 Å². The maximum absolute atomic E-state index is 12.5. The van der Waals surface area contributed by atoms with Gasteiger partial charge in [-0.05, 0) is 55.5 Å². The number of amides is 1. The second-order valence-electron chi connectivity index (χ2n) is 7.12. The van der Waals surface area contributed by atoms with Gasteiger partial charge in [-0.3, -0.25) is 9.10 Å². The summed E-state index contributed by atoms with van der Waals surface area (Å²) in [7, 11) is -1.85. The smallest absolute Gasteiger partial charge is 0.265 e. The van der Waals surface area contributed by atoms with Gasteiger partial charge in [-0.15, -0.1) is 0 Å². The lowest BCUT2D eigenvalue weighted by Gasteiger charge is -2.29. The van der Waals surface area contributed by atoms with E-state index in [1.54, 1.807) is 31.2 Å². The maximum Gasteiger partial charge on any atom is 0.265 e. The van der Waals surface area contributed by atoms with Gasteiger partial charge in [0.15, 0.2) is 6.10 Å². The van der Waals surface area contributed by atoms with Crippen molar-refractivity contribution in [1.82, 2.24) is 0 Å². The molecule has 3 rings (SSSR count). The summed E-state index contributed by atoms with van der Waals surface area (Å²) in [6.45, 7) is 4.82. The van der Waals surface area contributed by atoms with Crippen molar-refractivity contribution in [1.29, 1.82) is 0 Å². The number of morpholine rings is 1. The third-order valence-corrected chi connectivity index (χ3v) is 6.10. The summed E-state index contributed by atoms with van der Waals surface area (Å²) < 4.78 is 35.4. The van der Waals surface area contributed by atoms with E-state index in [4.69, 9.17) is 9.47 Å². The summed E-state index contributed by atoms with van der Waals surface area (Å²) in [6.07, 6.45) is 0.416. The number of carbonyl (C=O) groups is 1. The van der Waals surface area contributed by atoms with E-state index in [9.17, 15) is 13.2 Å². The molecule has 1 unspecified atom stereocenters. The van der Waals surface area contributed by atoms with Gasteiger partial charge in [0, 0.05) is 31.5 Å². The number of nitrogens with zero attached hydrogens (tertiary/aromatic N) is 2. The molecule has 0 saturated carbocycles. The molecule has 0 radical (unpaired) electrons. The molecule has 2 aromatic rings. The minimum Gasteiger partial charge on any atom is -0.481 e. The molecule has 8 nitrogen and oxygen atoms in total. The topological polar surface area (TPSA) is 88.2 Å². The Kier molecular flexibility index (Phi) is 6.84. The molecule has 1 N–H and O–H groups in total. The molecule has 9 heteroatoms. The zero-order valence-electron chi connectivity index (χ0n) is 17.4. The molecule has 162 valence electrons. The van der Waals surface area contributed by atoms with Gasteiger partial charge < -0.3 is 19.7 Å². The molecule has 0 aliphatic carbocycles. The average Bonchev–Trinajstić information content (AvgIpc) is 2.74. The van der Waals surface area contributed by atoms with Gasteiger partial charge >= 0.3 is 0 Å². The number of benzene rings is 2. The van der Waals surface area contributed by atoms with Crippen LogP contribution in [0.25, 0.3) is 0 Å². The van der Waals surface area contributed by atoms with Gasteiger partial charge in [0.25, 0.3) is 5.91 Å². The van der Waals surface area contributed by atoms with Crippen LogP contribution in [0.3, 0.4) is 0 Å². The fourth-order valence-electron chi connectivity index (χ4n) is 3.00. The zero-order valence-corrected chi connectivity index (χ0v) is 18.2.